The Kier molecular flexibility index (Phi) is 4.82. The van der Waals surface area contributed by atoms with Crippen LogP contribution < -0.4 is 4.90 Å². The Morgan fingerprint density at radius 3 is 2.39 bits per heavy atom. The summed E-state index contributed by atoms with van der Waals surface area (Å²) in [4.78, 5) is 18.7. The molecule has 1 aromatic rings. The molecule has 0 saturated carbocycles. The van der Waals surface area contributed by atoms with Gasteiger partial charge >= 0.3 is 0 Å². The van der Waals surface area contributed by atoms with Crippen LogP contribution in [-0.4, -0.2) is 72.2 Å². The molecule has 2 heterocycles. The number of hydrogen-bond acceptors (Lipinski definition) is 4. The Morgan fingerprint density at radius 1 is 1.17 bits per heavy atom. The summed E-state index contributed by atoms with van der Waals surface area (Å²) >= 11 is 0. The molecule has 3 rings (SSSR count). The highest BCUT2D eigenvalue weighted by Crippen LogP contribution is 2.19. The molecule has 6 heteroatoms. The van der Waals surface area contributed by atoms with Crippen molar-refractivity contribution in [2.24, 2.45) is 0 Å². The van der Waals surface area contributed by atoms with Crippen molar-refractivity contribution in [3.63, 3.8) is 0 Å². The highest BCUT2D eigenvalue weighted by Gasteiger charge is 2.32. The van der Waals surface area contributed by atoms with Gasteiger partial charge in [0.05, 0.1) is 12.1 Å². The molecule has 2 saturated heterocycles. The average molecular weight is 321 g/mol. The number of benzene rings is 1. The topological polar surface area (TPSA) is 47.0 Å². The van der Waals surface area contributed by atoms with Crippen LogP contribution in [0.5, 0.6) is 0 Å². The van der Waals surface area contributed by atoms with Crippen molar-refractivity contribution in [1.82, 2.24) is 9.80 Å². The minimum Gasteiger partial charge on any atom is -0.392 e. The highest BCUT2D eigenvalue weighted by atomic mass is 19.1. The molecule has 1 amide bonds. The van der Waals surface area contributed by atoms with Gasteiger partial charge in [0.2, 0.25) is 5.91 Å². The number of carbonyl (C=O) groups excluding carboxylic acids is 1. The molecule has 2 atom stereocenters. The van der Waals surface area contributed by atoms with Crippen LogP contribution in [-0.2, 0) is 4.79 Å². The number of rotatable bonds is 3. The zero-order chi connectivity index (χ0) is 16.4. The summed E-state index contributed by atoms with van der Waals surface area (Å²) in [5, 5.41) is 9.62. The molecule has 1 N–H and O–H groups in total. The lowest BCUT2D eigenvalue weighted by atomic mass is 10.2. The van der Waals surface area contributed by atoms with Gasteiger partial charge in [-0.05, 0) is 37.6 Å². The van der Waals surface area contributed by atoms with Gasteiger partial charge in [-0.15, -0.1) is 0 Å². The maximum atomic E-state index is 13.0. The quantitative estimate of drug-likeness (QED) is 0.900. The highest BCUT2D eigenvalue weighted by molar-refractivity contribution is 5.81. The molecule has 1 unspecified atom stereocenters. The maximum absolute atomic E-state index is 13.0. The van der Waals surface area contributed by atoms with Crippen LogP contribution in [0, 0.1) is 5.82 Å². The first-order chi connectivity index (χ1) is 11.0. The summed E-state index contributed by atoms with van der Waals surface area (Å²) in [6.07, 6.45) is 0.441. The number of anilines is 1. The number of amides is 1. The van der Waals surface area contributed by atoms with Gasteiger partial charge in [0.25, 0.3) is 0 Å². The molecule has 0 aromatic heterocycles. The minimum absolute atomic E-state index is 0.137. The number of β-amino-alcohol motifs (C(OH)–C–C–N with tert-alkyl or cyclic N) is 1. The van der Waals surface area contributed by atoms with E-state index in [1.54, 1.807) is 12.1 Å². The first kappa shape index (κ1) is 16.2. The van der Waals surface area contributed by atoms with Crippen LogP contribution in [0.1, 0.15) is 13.3 Å². The first-order valence-corrected chi connectivity index (χ1v) is 8.26. The minimum atomic E-state index is -0.305. The van der Waals surface area contributed by atoms with Crippen molar-refractivity contribution in [2.75, 3.05) is 44.2 Å². The molecule has 2 fully saturated rings. The molecule has 0 radical (unpaired) electrons. The van der Waals surface area contributed by atoms with Crippen molar-refractivity contribution < 1.29 is 14.3 Å². The number of nitrogens with zero attached hydrogens (tertiary/aromatic N) is 3. The first-order valence-electron chi connectivity index (χ1n) is 8.26. The molecule has 1 aromatic carbocycles. The van der Waals surface area contributed by atoms with E-state index in [1.807, 2.05) is 11.8 Å². The Labute approximate surface area is 136 Å². The standard InChI is InChI=1S/C17H24FN3O2/c1-13(21-7-6-16(22)12-21)17(23)20-10-8-19(9-11-20)15-4-2-14(18)3-5-15/h2-5,13,16,22H,6-12H2,1H3/t13?,16-/m1/s1. The zero-order valence-electron chi connectivity index (χ0n) is 13.5. The van der Waals surface area contributed by atoms with E-state index in [0.29, 0.717) is 19.6 Å². The SMILES string of the molecule is CC(C(=O)N1CCN(c2ccc(F)cc2)CC1)N1CC[C@@H](O)C1. The van der Waals surface area contributed by atoms with E-state index in [2.05, 4.69) is 9.80 Å². The summed E-state index contributed by atoms with van der Waals surface area (Å²) < 4.78 is 13.0. The number of halogens is 1. The smallest absolute Gasteiger partial charge is 0.239 e. The van der Waals surface area contributed by atoms with E-state index in [-0.39, 0.29) is 23.9 Å². The van der Waals surface area contributed by atoms with Gasteiger partial charge in [-0.25, -0.2) is 4.39 Å². The Hall–Kier alpha value is -1.66. The van der Waals surface area contributed by atoms with E-state index in [4.69, 9.17) is 0 Å². The van der Waals surface area contributed by atoms with Crippen LogP contribution >= 0.6 is 0 Å². The number of hydrogen-bond donors (Lipinski definition) is 1. The lowest BCUT2D eigenvalue weighted by Gasteiger charge is -2.38. The van der Waals surface area contributed by atoms with Gasteiger partial charge < -0.3 is 14.9 Å². The summed E-state index contributed by atoms with van der Waals surface area (Å²) in [5.74, 6) is -0.0953. The van der Waals surface area contributed by atoms with Gasteiger partial charge in [-0.1, -0.05) is 0 Å². The summed E-state index contributed by atoms with van der Waals surface area (Å²) in [6, 6.07) is 6.31. The fraction of sp³-hybridized carbons (Fsp3) is 0.588. The second-order valence-corrected chi connectivity index (χ2v) is 6.40. The summed E-state index contributed by atoms with van der Waals surface area (Å²) in [6.45, 7) is 6.16. The van der Waals surface area contributed by atoms with Gasteiger partial charge in [-0.3, -0.25) is 9.69 Å². The second kappa shape index (κ2) is 6.84. The Balaban J connectivity index is 1.54. The molecule has 0 spiro atoms. The maximum Gasteiger partial charge on any atom is 0.239 e. The fourth-order valence-corrected chi connectivity index (χ4v) is 3.38. The van der Waals surface area contributed by atoms with Gasteiger partial charge in [0.15, 0.2) is 0 Å². The average Bonchev–Trinajstić information content (AvgIpc) is 3.01. The number of aliphatic hydroxyl groups excluding tert-OH is 1. The third-order valence-corrected chi connectivity index (χ3v) is 4.88. The molecular weight excluding hydrogens is 297 g/mol. The number of aliphatic hydroxyl groups is 1. The number of carbonyl (C=O) groups is 1. The van der Waals surface area contributed by atoms with Crippen molar-refractivity contribution in [3.8, 4) is 0 Å². The van der Waals surface area contributed by atoms with E-state index < -0.39 is 0 Å². The molecule has 0 aliphatic carbocycles. The number of piperazine rings is 1. The number of likely N-dealkylation sites (tertiary alicyclic amines) is 1. The third-order valence-electron chi connectivity index (χ3n) is 4.88. The van der Waals surface area contributed by atoms with Crippen LogP contribution in [0.3, 0.4) is 0 Å². The Bertz CT molecular complexity index is 543. The lowest BCUT2D eigenvalue weighted by molar-refractivity contribution is -0.136. The molecule has 5 nitrogen and oxygen atoms in total. The molecule has 0 bridgehead atoms. The Morgan fingerprint density at radius 2 is 1.83 bits per heavy atom. The van der Waals surface area contributed by atoms with E-state index in [9.17, 15) is 14.3 Å². The fourth-order valence-electron chi connectivity index (χ4n) is 3.38. The van der Waals surface area contributed by atoms with E-state index in [0.717, 1.165) is 31.7 Å². The summed E-state index contributed by atoms with van der Waals surface area (Å²) in [5.41, 5.74) is 0.995. The van der Waals surface area contributed by atoms with Crippen molar-refractivity contribution in [2.45, 2.75) is 25.5 Å². The zero-order valence-corrected chi connectivity index (χ0v) is 13.5. The molecular formula is C17H24FN3O2. The van der Waals surface area contributed by atoms with Crippen molar-refractivity contribution >= 4 is 11.6 Å². The lowest BCUT2D eigenvalue weighted by Crippen LogP contribution is -2.54. The van der Waals surface area contributed by atoms with Gasteiger partial charge in [0, 0.05) is 45.0 Å². The third kappa shape index (κ3) is 3.64. The predicted molar refractivity (Wildman–Crippen MR) is 86.9 cm³/mol. The molecule has 2 aliphatic rings. The van der Waals surface area contributed by atoms with E-state index >= 15 is 0 Å². The molecule has 23 heavy (non-hydrogen) atoms. The van der Waals surface area contributed by atoms with Crippen molar-refractivity contribution in [1.29, 1.82) is 0 Å². The normalized spacial score (nSPS) is 24.0. The van der Waals surface area contributed by atoms with Gasteiger partial charge in [0.1, 0.15) is 5.82 Å². The molecule has 126 valence electrons. The predicted octanol–water partition coefficient (Wildman–Crippen LogP) is 0.929. The largest absolute Gasteiger partial charge is 0.392 e. The van der Waals surface area contributed by atoms with E-state index in [1.165, 1.54) is 12.1 Å². The monoisotopic (exact) mass is 321 g/mol. The van der Waals surface area contributed by atoms with Gasteiger partial charge in [-0.2, -0.15) is 0 Å². The summed E-state index contributed by atoms with van der Waals surface area (Å²) in [7, 11) is 0. The van der Waals surface area contributed by atoms with Crippen LogP contribution in [0.4, 0.5) is 10.1 Å². The molecule has 2 aliphatic heterocycles. The second-order valence-electron chi connectivity index (χ2n) is 6.40. The van der Waals surface area contributed by atoms with Crippen LogP contribution in [0.25, 0.3) is 0 Å². The van der Waals surface area contributed by atoms with Crippen LogP contribution in [0.15, 0.2) is 24.3 Å². The van der Waals surface area contributed by atoms with Crippen molar-refractivity contribution in [3.05, 3.63) is 30.1 Å². The van der Waals surface area contributed by atoms with Crippen LogP contribution in [0.2, 0.25) is 0 Å².